The van der Waals surface area contributed by atoms with E-state index in [1.54, 1.807) is 39.3 Å². The van der Waals surface area contributed by atoms with Crippen LogP contribution in [0.4, 0.5) is 0 Å². The van der Waals surface area contributed by atoms with Crippen molar-refractivity contribution < 1.29 is 23.6 Å². The number of ether oxygens (including phenoxy) is 2. The Hall–Kier alpha value is -4.01. The predicted molar refractivity (Wildman–Crippen MR) is 174 cm³/mol. The van der Waals surface area contributed by atoms with Gasteiger partial charge in [-0.3, -0.25) is 4.79 Å². The Morgan fingerprint density at radius 3 is 1.30 bits per heavy atom. The molecule has 0 aromatic heterocycles. The third-order valence-electron chi connectivity index (χ3n) is 8.65. The number of methoxy groups -OCH3 is 2. The molecule has 4 aromatic carbocycles. The second-order valence-corrected chi connectivity index (χ2v) is 11.2. The summed E-state index contributed by atoms with van der Waals surface area (Å²) in [5, 5.41) is 0. The van der Waals surface area contributed by atoms with Gasteiger partial charge in [-0.15, -0.1) is 6.58 Å². The quantitative estimate of drug-likeness (QED) is 0.140. The molecule has 1 heterocycles. The number of amides is 1. The minimum absolute atomic E-state index is 0.0460. The summed E-state index contributed by atoms with van der Waals surface area (Å²) in [5.74, 6) is -0.477. The van der Waals surface area contributed by atoms with Gasteiger partial charge in [0.1, 0.15) is 23.4 Å². The van der Waals surface area contributed by atoms with E-state index in [1.165, 1.54) is 0 Å². The third kappa shape index (κ3) is 5.64. The zero-order valence-electron chi connectivity index (χ0n) is 25.8. The number of carbonyl (C=O) groups excluding carboxylic acids is 1. The van der Waals surface area contributed by atoms with E-state index in [-0.39, 0.29) is 12.3 Å². The topological polar surface area (TPSA) is 57.2 Å². The highest BCUT2D eigenvalue weighted by Gasteiger charge is 2.62. The van der Waals surface area contributed by atoms with Crippen LogP contribution in [-0.2, 0) is 34.8 Å². The van der Waals surface area contributed by atoms with Gasteiger partial charge in [0.25, 0.3) is 0 Å². The molecule has 1 aliphatic heterocycles. The molecule has 0 bridgehead atoms. The highest BCUT2D eigenvalue weighted by Crippen LogP contribution is 2.51. The second kappa shape index (κ2) is 13.7. The zero-order chi connectivity index (χ0) is 31.2. The van der Waals surface area contributed by atoms with Crippen LogP contribution in [-0.4, -0.2) is 58.4 Å². The molecule has 0 saturated carbocycles. The number of hydrogen-bond acceptors (Lipinski definition) is 5. The molecule has 6 nitrogen and oxygen atoms in total. The molecule has 0 aliphatic carbocycles. The maximum Gasteiger partial charge on any atom is 0.465 e. The summed E-state index contributed by atoms with van der Waals surface area (Å²) < 4.78 is 27.4. The number of carbonyl (C=O) groups is 1. The molecule has 1 amide bonds. The van der Waals surface area contributed by atoms with Crippen molar-refractivity contribution in [1.29, 1.82) is 0 Å². The fourth-order valence-corrected chi connectivity index (χ4v) is 6.40. The fourth-order valence-electron chi connectivity index (χ4n) is 6.40. The summed E-state index contributed by atoms with van der Waals surface area (Å²) in [6.45, 7) is 4.07. The van der Waals surface area contributed by atoms with Gasteiger partial charge in [0, 0.05) is 40.6 Å². The number of rotatable bonds is 12. The molecule has 1 fully saturated rings. The Balaban J connectivity index is 1.79. The minimum atomic E-state index is -1.12. The van der Waals surface area contributed by atoms with Crippen molar-refractivity contribution in [3.05, 3.63) is 156 Å². The van der Waals surface area contributed by atoms with Crippen molar-refractivity contribution >= 4 is 13.0 Å². The van der Waals surface area contributed by atoms with E-state index in [4.69, 9.17) is 18.8 Å². The second-order valence-electron chi connectivity index (χ2n) is 11.2. The van der Waals surface area contributed by atoms with Crippen LogP contribution in [0.2, 0.25) is 5.82 Å². The molecular weight excluding hydrogens is 549 g/mol. The summed E-state index contributed by atoms with van der Waals surface area (Å²) in [5.41, 5.74) is 1.37. The summed E-state index contributed by atoms with van der Waals surface area (Å²) in [7, 11) is 6.08. The summed E-state index contributed by atoms with van der Waals surface area (Å²) in [6, 6.07) is 40.3. The first kappa shape index (κ1) is 31.4. The van der Waals surface area contributed by atoms with Gasteiger partial charge < -0.3 is 23.7 Å². The standard InChI is InChI=1S/C37H40BNO5/c1-6-32(27-33(40)39(2)3)38-43-34(36(41-4,28-19-11-7-12-20-28)29-21-13-8-14-22-29)35(44-38)37(42-5,30-23-15-9-16-24-30)31-25-17-10-18-26-31/h6-26,32,34-35H,1,27H2,2-5H3/t32-,34+,35+/m0/s1. The van der Waals surface area contributed by atoms with Gasteiger partial charge in [0.15, 0.2) is 0 Å². The van der Waals surface area contributed by atoms with Crippen LogP contribution >= 0.6 is 0 Å². The van der Waals surface area contributed by atoms with Gasteiger partial charge >= 0.3 is 7.12 Å². The Bertz CT molecular complexity index is 1320. The molecule has 3 atom stereocenters. The van der Waals surface area contributed by atoms with Crippen LogP contribution in [0.25, 0.3) is 0 Å². The molecule has 0 N–H and O–H groups in total. The maximum absolute atomic E-state index is 12.9. The fraction of sp³-hybridized carbons (Fsp3) is 0.270. The lowest BCUT2D eigenvalue weighted by Crippen LogP contribution is -2.56. The average Bonchev–Trinajstić information content (AvgIpc) is 3.52. The summed E-state index contributed by atoms with van der Waals surface area (Å²) in [4.78, 5) is 14.5. The zero-order valence-corrected chi connectivity index (χ0v) is 25.8. The number of allylic oxidation sites excluding steroid dienone is 1. The van der Waals surface area contributed by atoms with Crippen molar-refractivity contribution in [1.82, 2.24) is 4.90 Å². The van der Waals surface area contributed by atoms with Crippen molar-refractivity contribution in [3.8, 4) is 0 Å². The molecule has 4 aromatic rings. The number of benzene rings is 4. The monoisotopic (exact) mass is 589 g/mol. The van der Waals surface area contributed by atoms with Gasteiger partial charge in [0.2, 0.25) is 5.91 Å². The van der Waals surface area contributed by atoms with Crippen molar-refractivity contribution in [2.24, 2.45) is 0 Å². The van der Waals surface area contributed by atoms with Gasteiger partial charge in [0.05, 0.1) is 0 Å². The molecule has 0 radical (unpaired) electrons. The molecule has 5 rings (SSSR count). The van der Waals surface area contributed by atoms with Crippen LogP contribution in [0.1, 0.15) is 28.7 Å². The number of hydrogen-bond donors (Lipinski definition) is 0. The lowest BCUT2D eigenvalue weighted by Gasteiger charge is -2.47. The highest BCUT2D eigenvalue weighted by molar-refractivity contribution is 6.48. The summed E-state index contributed by atoms with van der Waals surface area (Å²) >= 11 is 0. The molecule has 226 valence electrons. The van der Waals surface area contributed by atoms with Gasteiger partial charge in [-0.2, -0.15) is 0 Å². The highest BCUT2D eigenvalue weighted by atomic mass is 16.7. The van der Waals surface area contributed by atoms with Crippen LogP contribution in [0.3, 0.4) is 0 Å². The van der Waals surface area contributed by atoms with Crippen molar-refractivity contribution in [3.63, 3.8) is 0 Å². The van der Waals surface area contributed by atoms with E-state index in [0.29, 0.717) is 0 Å². The average molecular weight is 590 g/mol. The van der Waals surface area contributed by atoms with Crippen LogP contribution in [0.5, 0.6) is 0 Å². The lowest BCUT2D eigenvalue weighted by molar-refractivity contribution is -0.136. The van der Waals surface area contributed by atoms with Crippen LogP contribution < -0.4 is 0 Å². The molecule has 1 aliphatic rings. The van der Waals surface area contributed by atoms with E-state index >= 15 is 0 Å². The Morgan fingerprint density at radius 1 is 0.727 bits per heavy atom. The van der Waals surface area contributed by atoms with Crippen LogP contribution in [0.15, 0.2) is 134 Å². The van der Waals surface area contributed by atoms with E-state index in [0.717, 1.165) is 22.3 Å². The normalized spacial score (nSPS) is 17.7. The first-order chi connectivity index (χ1) is 21.4. The predicted octanol–water partition coefficient (Wildman–Crippen LogP) is 6.47. The van der Waals surface area contributed by atoms with Gasteiger partial charge in [-0.05, 0) is 22.3 Å². The van der Waals surface area contributed by atoms with Crippen molar-refractivity contribution in [2.45, 2.75) is 35.6 Å². The van der Waals surface area contributed by atoms with Gasteiger partial charge in [-0.25, -0.2) is 0 Å². The minimum Gasteiger partial charge on any atom is -0.401 e. The molecule has 0 unspecified atom stereocenters. The Labute approximate surface area is 261 Å². The van der Waals surface area contributed by atoms with Crippen molar-refractivity contribution in [2.75, 3.05) is 28.3 Å². The molecule has 0 spiro atoms. The maximum atomic E-state index is 12.9. The molecule has 1 saturated heterocycles. The Kier molecular flexibility index (Phi) is 9.82. The van der Waals surface area contributed by atoms with E-state index in [2.05, 4.69) is 6.58 Å². The van der Waals surface area contributed by atoms with Gasteiger partial charge in [-0.1, -0.05) is 127 Å². The third-order valence-corrected chi connectivity index (χ3v) is 8.65. The largest absolute Gasteiger partial charge is 0.465 e. The molecule has 44 heavy (non-hydrogen) atoms. The first-order valence-corrected chi connectivity index (χ1v) is 14.9. The smallest absolute Gasteiger partial charge is 0.401 e. The summed E-state index contributed by atoms with van der Waals surface area (Å²) in [6.07, 6.45) is 0.442. The van der Waals surface area contributed by atoms with E-state index < -0.39 is 36.3 Å². The lowest BCUT2D eigenvalue weighted by atomic mass is 9.69. The Morgan fingerprint density at radius 2 is 1.05 bits per heavy atom. The SMILES string of the molecule is C=C[C@@H](CC(=O)N(C)C)B1O[C@@H](C(OC)(c2ccccc2)c2ccccc2)[C@H](C(OC)(c2ccccc2)c2ccccc2)O1. The van der Waals surface area contributed by atoms with E-state index in [1.807, 2.05) is 121 Å². The van der Waals surface area contributed by atoms with Crippen LogP contribution in [0, 0.1) is 0 Å². The van der Waals surface area contributed by atoms with E-state index in [9.17, 15) is 4.79 Å². The first-order valence-electron chi connectivity index (χ1n) is 14.9. The molecular formula is C37H40BNO5. The number of nitrogens with zero attached hydrogens (tertiary/aromatic N) is 1. The molecule has 7 heteroatoms.